The number of nitrogens with zero attached hydrogens (tertiary/aromatic N) is 1. The maximum absolute atomic E-state index is 3.53. The monoisotopic (exact) mass is 180 g/mol. The summed E-state index contributed by atoms with van der Waals surface area (Å²) in [4.78, 5) is 2.71. The molecule has 0 radical (unpaired) electrons. The van der Waals surface area contributed by atoms with E-state index in [-0.39, 0.29) is 0 Å². The number of likely N-dealkylation sites (tertiary alicyclic amines) is 1. The second kappa shape index (κ2) is 3.25. The molecule has 2 nitrogen and oxygen atoms in total. The third-order valence-corrected chi connectivity index (χ3v) is 4.00. The lowest BCUT2D eigenvalue weighted by molar-refractivity contribution is 0.143. The third-order valence-electron chi connectivity index (χ3n) is 4.00. The quantitative estimate of drug-likeness (QED) is 0.680. The molecule has 0 spiro atoms. The maximum atomic E-state index is 3.53. The Morgan fingerprint density at radius 1 is 1.08 bits per heavy atom. The predicted molar refractivity (Wildman–Crippen MR) is 53.6 cm³/mol. The fourth-order valence-corrected chi connectivity index (χ4v) is 2.94. The number of hydrogen-bond acceptors (Lipinski definition) is 2. The molecule has 0 aromatic rings. The minimum atomic E-state index is 0.979. The molecule has 0 aromatic carbocycles. The molecule has 2 aliphatic heterocycles. The predicted octanol–water partition coefficient (Wildman–Crippen LogP) is 0.938. The number of nitrogens with one attached hydrogen (secondary N) is 1. The molecule has 0 unspecified atom stereocenters. The van der Waals surface area contributed by atoms with Crippen LogP contribution >= 0.6 is 0 Å². The van der Waals surface area contributed by atoms with Crippen molar-refractivity contribution in [2.24, 2.45) is 17.8 Å². The van der Waals surface area contributed by atoms with E-state index >= 15 is 0 Å². The highest BCUT2D eigenvalue weighted by Gasteiger charge is 2.34. The molecule has 0 aromatic heterocycles. The van der Waals surface area contributed by atoms with E-state index in [1.807, 2.05) is 0 Å². The Balaban J connectivity index is 1.54. The Bertz CT molecular complexity index is 189. The van der Waals surface area contributed by atoms with Gasteiger partial charge in [0.15, 0.2) is 0 Å². The summed E-state index contributed by atoms with van der Waals surface area (Å²) in [5.41, 5.74) is 0. The van der Waals surface area contributed by atoms with E-state index in [0.717, 1.165) is 17.8 Å². The van der Waals surface area contributed by atoms with Crippen LogP contribution in [-0.2, 0) is 0 Å². The zero-order valence-electron chi connectivity index (χ0n) is 8.34. The van der Waals surface area contributed by atoms with Crippen LogP contribution in [0.4, 0.5) is 0 Å². The summed E-state index contributed by atoms with van der Waals surface area (Å²) in [6, 6.07) is 0. The Morgan fingerprint density at radius 2 is 1.92 bits per heavy atom. The smallest absolute Gasteiger partial charge is 0.00251 e. The van der Waals surface area contributed by atoms with E-state index < -0.39 is 0 Å². The Hall–Kier alpha value is -0.0800. The molecule has 2 heteroatoms. The summed E-state index contributed by atoms with van der Waals surface area (Å²) in [6.45, 7) is 6.74. The van der Waals surface area contributed by atoms with Crippen LogP contribution in [0.25, 0.3) is 0 Å². The Labute approximate surface area is 80.7 Å². The van der Waals surface area contributed by atoms with Gasteiger partial charge in [0.05, 0.1) is 0 Å². The van der Waals surface area contributed by atoms with Crippen molar-refractivity contribution in [1.82, 2.24) is 10.2 Å². The molecule has 13 heavy (non-hydrogen) atoms. The van der Waals surface area contributed by atoms with Gasteiger partial charge in [0, 0.05) is 13.1 Å². The lowest BCUT2D eigenvalue weighted by Crippen LogP contribution is -2.40. The van der Waals surface area contributed by atoms with Gasteiger partial charge in [-0.2, -0.15) is 0 Å². The van der Waals surface area contributed by atoms with Crippen LogP contribution in [0, 0.1) is 17.8 Å². The van der Waals surface area contributed by atoms with Crippen LogP contribution in [0.5, 0.6) is 0 Å². The molecule has 2 atom stereocenters. The SMILES string of the molecule is C1CC1CN1CC[C@@H]2CNC[C@H]2C1. The van der Waals surface area contributed by atoms with Gasteiger partial charge in [-0.1, -0.05) is 0 Å². The summed E-state index contributed by atoms with van der Waals surface area (Å²) in [5, 5.41) is 3.53. The van der Waals surface area contributed by atoms with Crippen molar-refractivity contribution in [1.29, 1.82) is 0 Å². The molecule has 1 saturated carbocycles. The highest BCUT2D eigenvalue weighted by molar-refractivity contribution is 4.89. The summed E-state index contributed by atoms with van der Waals surface area (Å²) >= 11 is 0. The highest BCUT2D eigenvalue weighted by Crippen LogP contribution is 2.33. The Kier molecular flexibility index (Phi) is 2.06. The largest absolute Gasteiger partial charge is 0.316 e. The number of fused-ring (bicyclic) bond motifs is 1. The van der Waals surface area contributed by atoms with Gasteiger partial charge in [0.25, 0.3) is 0 Å². The first-order valence-electron chi connectivity index (χ1n) is 5.85. The van der Waals surface area contributed by atoms with Crippen molar-refractivity contribution < 1.29 is 0 Å². The van der Waals surface area contributed by atoms with Gasteiger partial charge in [0.2, 0.25) is 0 Å². The van der Waals surface area contributed by atoms with Gasteiger partial charge in [-0.3, -0.25) is 0 Å². The van der Waals surface area contributed by atoms with E-state index in [1.54, 1.807) is 0 Å². The van der Waals surface area contributed by atoms with Gasteiger partial charge in [-0.15, -0.1) is 0 Å². The number of rotatable bonds is 2. The van der Waals surface area contributed by atoms with Crippen LogP contribution < -0.4 is 5.32 Å². The number of hydrogen-bond donors (Lipinski definition) is 1. The third kappa shape index (κ3) is 1.75. The fourth-order valence-electron chi connectivity index (χ4n) is 2.94. The standard InChI is InChI=1S/C11H20N2/c1-2-9(1)7-13-4-3-10-5-12-6-11(10)8-13/h9-12H,1-8H2/t10-,11+/m1/s1. The van der Waals surface area contributed by atoms with E-state index in [1.165, 1.54) is 52.0 Å². The van der Waals surface area contributed by atoms with Crippen molar-refractivity contribution in [3.63, 3.8) is 0 Å². The first kappa shape index (κ1) is 8.25. The summed E-state index contributed by atoms with van der Waals surface area (Å²) in [5.74, 6) is 3.06. The first-order valence-corrected chi connectivity index (χ1v) is 5.85. The van der Waals surface area contributed by atoms with Crippen molar-refractivity contribution in [2.75, 3.05) is 32.7 Å². The van der Waals surface area contributed by atoms with Gasteiger partial charge >= 0.3 is 0 Å². The second-order valence-corrected chi connectivity index (χ2v) is 5.17. The van der Waals surface area contributed by atoms with Crippen molar-refractivity contribution >= 4 is 0 Å². The van der Waals surface area contributed by atoms with Gasteiger partial charge in [-0.25, -0.2) is 0 Å². The molecular formula is C11H20N2. The van der Waals surface area contributed by atoms with Crippen LogP contribution in [0.2, 0.25) is 0 Å². The van der Waals surface area contributed by atoms with E-state index in [0.29, 0.717) is 0 Å². The minimum Gasteiger partial charge on any atom is -0.316 e. The molecule has 0 bridgehead atoms. The second-order valence-electron chi connectivity index (χ2n) is 5.17. The molecule has 74 valence electrons. The van der Waals surface area contributed by atoms with Crippen LogP contribution in [0.15, 0.2) is 0 Å². The van der Waals surface area contributed by atoms with E-state index in [2.05, 4.69) is 10.2 Å². The zero-order chi connectivity index (χ0) is 8.67. The summed E-state index contributed by atoms with van der Waals surface area (Å²) < 4.78 is 0. The van der Waals surface area contributed by atoms with Crippen LogP contribution in [0.1, 0.15) is 19.3 Å². The zero-order valence-corrected chi connectivity index (χ0v) is 8.34. The molecule has 1 aliphatic carbocycles. The van der Waals surface area contributed by atoms with Crippen LogP contribution in [-0.4, -0.2) is 37.6 Å². The van der Waals surface area contributed by atoms with E-state index in [9.17, 15) is 0 Å². The lowest BCUT2D eigenvalue weighted by atomic mass is 9.88. The van der Waals surface area contributed by atoms with Crippen molar-refractivity contribution in [3.8, 4) is 0 Å². The van der Waals surface area contributed by atoms with Crippen molar-refractivity contribution in [2.45, 2.75) is 19.3 Å². The van der Waals surface area contributed by atoms with E-state index in [4.69, 9.17) is 0 Å². The topological polar surface area (TPSA) is 15.3 Å². The molecular weight excluding hydrogens is 160 g/mol. The molecule has 2 saturated heterocycles. The van der Waals surface area contributed by atoms with Gasteiger partial charge in [0.1, 0.15) is 0 Å². The molecule has 0 amide bonds. The molecule has 2 heterocycles. The normalized spacial score (nSPS) is 40.6. The molecule has 1 N–H and O–H groups in total. The maximum Gasteiger partial charge on any atom is 0.00251 e. The van der Waals surface area contributed by atoms with Crippen molar-refractivity contribution in [3.05, 3.63) is 0 Å². The molecule has 3 aliphatic rings. The average Bonchev–Trinajstić information content (AvgIpc) is 2.83. The summed E-state index contributed by atoms with van der Waals surface area (Å²) in [7, 11) is 0. The molecule has 3 rings (SSSR count). The van der Waals surface area contributed by atoms with Gasteiger partial charge < -0.3 is 10.2 Å². The fraction of sp³-hybridized carbons (Fsp3) is 1.00. The highest BCUT2D eigenvalue weighted by atomic mass is 15.2. The van der Waals surface area contributed by atoms with Crippen LogP contribution in [0.3, 0.4) is 0 Å². The first-order chi connectivity index (χ1) is 6.42. The average molecular weight is 180 g/mol. The minimum absolute atomic E-state index is 0.979. The lowest BCUT2D eigenvalue weighted by Gasteiger charge is -2.34. The number of piperidine rings is 1. The summed E-state index contributed by atoms with van der Waals surface area (Å²) in [6.07, 6.45) is 4.45. The Morgan fingerprint density at radius 3 is 2.77 bits per heavy atom. The van der Waals surface area contributed by atoms with Gasteiger partial charge in [-0.05, 0) is 56.7 Å². The molecule has 3 fully saturated rings.